The number of rotatable bonds is 5. The van der Waals surface area contributed by atoms with E-state index in [0.29, 0.717) is 25.1 Å². The Bertz CT molecular complexity index is 1070. The number of ether oxygens (including phenoxy) is 1. The van der Waals surface area contributed by atoms with Crippen molar-refractivity contribution in [3.05, 3.63) is 81.6 Å². The molecule has 3 aromatic rings. The number of carbonyl (C=O) groups is 1. The molecule has 2 heterocycles. The second kappa shape index (κ2) is 8.59. The van der Waals surface area contributed by atoms with Gasteiger partial charge >= 0.3 is 0 Å². The number of pyridine rings is 1. The zero-order valence-corrected chi connectivity index (χ0v) is 16.5. The molecule has 0 aliphatic carbocycles. The van der Waals surface area contributed by atoms with E-state index in [2.05, 4.69) is 40.3 Å². The summed E-state index contributed by atoms with van der Waals surface area (Å²) >= 11 is 0. The van der Waals surface area contributed by atoms with Crippen molar-refractivity contribution in [2.24, 2.45) is 0 Å². The Hall–Kier alpha value is -2.96. The number of hydrogen-bond acceptors (Lipinski definition) is 4. The summed E-state index contributed by atoms with van der Waals surface area (Å²) in [6, 6.07) is 15.6. The number of hydrogen-bond donors (Lipinski definition) is 2. The molecule has 1 atom stereocenters. The minimum Gasteiger partial charge on any atom is -0.379 e. The van der Waals surface area contributed by atoms with Gasteiger partial charge in [-0.05, 0) is 24.6 Å². The number of aryl methyl sites for hydroxylation is 1. The minimum absolute atomic E-state index is 0.0299. The molecule has 4 rings (SSSR count). The van der Waals surface area contributed by atoms with E-state index in [4.69, 9.17) is 4.74 Å². The molecule has 1 aliphatic rings. The quantitative estimate of drug-likeness (QED) is 0.701. The van der Waals surface area contributed by atoms with Crippen LogP contribution in [0.15, 0.2) is 59.5 Å². The molecule has 1 aromatic heterocycles. The lowest BCUT2D eigenvalue weighted by molar-refractivity contribution is 0.0162. The summed E-state index contributed by atoms with van der Waals surface area (Å²) < 4.78 is 5.49. The van der Waals surface area contributed by atoms with Crippen LogP contribution in [-0.4, -0.2) is 48.6 Å². The Morgan fingerprint density at radius 2 is 1.97 bits per heavy atom. The Morgan fingerprint density at radius 1 is 1.17 bits per heavy atom. The van der Waals surface area contributed by atoms with E-state index in [-0.39, 0.29) is 22.9 Å². The molecule has 0 bridgehead atoms. The molecule has 2 N–H and O–H groups in total. The molecule has 1 aliphatic heterocycles. The second-order valence-corrected chi connectivity index (χ2v) is 7.37. The number of carbonyl (C=O) groups excluding carboxylic acids is 1. The molecule has 29 heavy (non-hydrogen) atoms. The van der Waals surface area contributed by atoms with Gasteiger partial charge in [0.25, 0.3) is 5.91 Å². The van der Waals surface area contributed by atoms with Gasteiger partial charge in [0.15, 0.2) is 0 Å². The third kappa shape index (κ3) is 4.23. The summed E-state index contributed by atoms with van der Waals surface area (Å²) in [7, 11) is 0. The standard InChI is InChI=1S/C23H25N3O3/c1-16-5-4-6-17(13-16)21(26-9-11-29-12-10-26)15-25-23(28)19-14-24-20-8-3-2-7-18(20)22(19)27/h2-8,13-14,21H,9-12,15H2,1H3,(H,24,27)(H,25,28)/t21-/m0/s1. The van der Waals surface area contributed by atoms with Crippen LogP contribution in [0.25, 0.3) is 10.9 Å². The van der Waals surface area contributed by atoms with Crippen LogP contribution < -0.4 is 10.7 Å². The zero-order chi connectivity index (χ0) is 20.2. The van der Waals surface area contributed by atoms with Gasteiger partial charge < -0.3 is 15.0 Å². The summed E-state index contributed by atoms with van der Waals surface area (Å²) in [6.07, 6.45) is 1.50. The zero-order valence-electron chi connectivity index (χ0n) is 16.5. The SMILES string of the molecule is Cc1cccc([C@H](CNC(=O)c2c[nH]c3ccccc3c2=O)N2CCOCC2)c1. The molecule has 1 amide bonds. The van der Waals surface area contributed by atoms with Crippen LogP contribution in [-0.2, 0) is 4.74 Å². The van der Waals surface area contributed by atoms with E-state index in [9.17, 15) is 9.59 Å². The monoisotopic (exact) mass is 391 g/mol. The third-order valence-electron chi connectivity index (χ3n) is 5.40. The Kier molecular flexibility index (Phi) is 5.74. The van der Waals surface area contributed by atoms with E-state index >= 15 is 0 Å². The summed E-state index contributed by atoms with van der Waals surface area (Å²) in [5.41, 5.74) is 2.93. The van der Waals surface area contributed by atoms with E-state index < -0.39 is 0 Å². The maximum absolute atomic E-state index is 12.8. The second-order valence-electron chi connectivity index (χ2n) is 7.37. The number of H-pyrrole nitrogens is 1. The first-order valence-electron chi connectivity index (χ1n) is 9.90. The average molecular weight is 391 g/mol. The molecule has 2 aromatic carbocycles. The van der Waals surface area contributed by atoms with Crippen molar-refractivity contribution in [1.29, 1.82) is 0 Å². The normalized spacial score (nSPS) is 15.9. The highest BCUT2D eigenvalue weighted by molar-refractivity contribution is 5.97. The van der Waals surface area contributed by atoms with Crippen LogP contribution >= 0.6 is 0 Å². The van der Waals surface area contributed by atoms with Crippen molar-refractivity contribution in [3.63, 3.8) is 0 Å². The van der Waals surface area contributed by atoms with Crippen LogP contribution in [0.1, 0.15) is 27.5 Å². The van der Waals surface area contributed by atoms with E-state index in [1.165, 1.54) is 11.8 Å². The Labute approximate surface area is 169 Å². The predicted octanol–water partition coefficient (Wildman–Crippen LogP) is 2.64. The van der Waals surface area contributed by atoms with Gasteiger partial charge in [-0.3, -0.25) is 14.5 Å². The average Bonchev–Trinajstić information content (AvgIpc) is 2.75. The maximum Gasteiger partial charge on any atom is 0.256 e. The van der Waals surface area contributed by atoms with Gasteiger partial charge in [0.05, 0.1) is 19.3 Å². The highest BCUT2D eigenvalue weighted by Gasteiger charge is 2.24. The largest absolute Gasteiger partial charge is 0.379 e. The first kappa shape index (κ1) is 19.4. The minimum atomic E-state index is -0.358. The summed E-state index contributed by atoms with van der Waals surface area (Å²) in [5.74, 6) is -0.358. The van der Waals surface area contributed by atoms with E-state index in [0.717, 1.165) is 24.2 Å². The van der Waals surface area contributed by atoms with Crippen molar-refractivity contribution in [1.82, 2.24) is 15.2 Å². The van der Waals surface area contributed by atoms with Gasteiger partial charge in [-0.15, -0.1) is 0 Å². The summed E-state index contributed by atoms with van der Waals surface area (Å²) in [5, 5.41) is 3.50. The number of morpholine rings is 1. The van der Waals surface area contributed by atoms with E-state index in [1.54, 1.807) is 12.1 Å². The molecule has 6 nitrogen and oxygen atoms in total. The van der Waals surface area contributed by atoms with Crippen LogP contribution in [0.4, 0.5) is 0 Å². The van der Waals surface area contributed by atoms with Crippen LogP contribution in [0, 0.1) is 6.92 Å². The van der Waals surface area contributed by atoms with Crippen molar-refractivity contribution in [2.75, 3.05) is 32.8 Å². The number of aromatic amines is 1. The maximum atomic E-state index is 12.8. The first-order chi connectivity index (χ1) is 14.1. The number of fused-ring (bicyclic) bond motifs is 1. The summed E-state index contributed by atoms with van der Waals surface area (Å²) in [6.45, 7) is 5.47. The van der Waals surface area contributed by atoms with Gasteiger partial charge in [0.2, 0.25) is 5.43 Å². The van der Waals surface area contributed by atoms with Crippen molar-refractivity contribution in [3.8, 4) is 0 Å². The van der Waals surface area contributed by atoms with Gasteiger partial charge in [0, 0.05) is 36.7 Å². The van der Waals surface area contributed by atoms with Crippen LogP contribution in [0.2, 0.25) is 0 Å². The van der Waals surface area contributed by atoms with Crippen LogP contribution in [0.3, 0.4) is 0 Å². The number of amides is 1. The van der Waals surface area contributed by atoms with Gasteiger partial charge in [-0.1, -0.05) is 42.0 Å². The highest BCUT2D eigenvalue weighted by Crippen LogP contribution is 2.22. The number of benzene rings is 2. The number of para-hydroxylation sites is 1. The molecule has 6 heteroatoms. The highest BCUT2D eigenvalue weighted by atomic mass is 16.5. The molecular formula is C23H25N3O3. The molecule has 1 saturated heterocycles. The van der Waals surface area contributed by atoms with Crippen molar-refractivity contribution in [2.45, 2.75) is 13.0 Å². The fourth-order valence-corrected chi connectivity index (χ4v) is 3.85. The predicted molar refractivity (Wildman–Crippen MR) is 113 cm³/mol. The fraction of sp³-hybridized carbons (Fsp3) is 0.304. The smallest absolute Gasteiger partial charge is 0.256 e. The molecule has 0 unspecified atom stereocenters. The van der Waals surface area contributed by atoms with E-state index in [1.807, 2.05) is 18.2 Å². The topological polar surface area (TPSA) is 74.4 Å². The lowest BCUT2D eigenvalue weighted by Crippen LogP contribution is -2.44. The molecule has 0 saturated carbocycles. The Balaban J connectivity index is 1.56. The van der Waals surface area contributed by atoms with Gasteiger partial charge in [0.1, 0.15) is 5.56 Å². The molecule has 150 valence electrons. The van der Waals surface area contributed by atoms with Gasteiger partial charge in [-0.25, -0.2) is 0 Å². The Morgan fingerprint density at radius 3 is 2.76 bits per heavy atom. The van der Waals surface area contributed by atoms with Crippen molar-refractivity contribution >= 4 is 16.8 Å². The molecule has 0 spiro atoms. The third-order valence-corrected chi connectivity index (χ3v) is 5.40. The number of nitrogens with one attached hydrogen (secondary N) is 2. The van der Waals surface area contributed by atoms with Gasteiger partial charge in [-0.2, -0.15) is 0 Å². The number of aromatic nitrogens is 1. The fourth-order valence-electron chi connectivity index (χ4n) is 3.85. The first-order valence-corrected chi connectivity index (χ1v) is 9.90. The van der Waals surface area contributed by atoms with Crippen LogP contribution in [0.5, 0.6) is 0 Å². The lowest BCUT2D eigenvalue weighted by atomic mass is 10.0. The van der Waals surface area contributed by atoms with Crippen molar-refractivity contribution < 1.29 is 9.53 Å². The number of nitrogens with zero attached hydrogens (tertiary/aromatic N) is 1. The summed E-state index contributed by atoms with van der Waals surface area (Å²) in [4.78, 5) is 30.9. The molecule has 1 fully saturated rings. The molecule has 0 radical (unpaired) electrons. The lowest BCUT2D eigenvalue weighted by Gasteiger charge is -2.35. The molecular weight excluding hydrogens is 366 g/mol.